The van der Waals surface area contributed by atoms with Crippen LogP contribution in [0, 0.1) is 0 Å². The molecule has 0 unspecified atom stereocenters. The van der Waals surface area contributed by atoms with Crippen molar-refractivity contribution in [3.8, 4) is 0 Å². The van der Waals surface area contributed by atoms with E-state index in [1.807, 2.05) is 50.3 Å². The predicted octanol–water partition coefficient (Wildman–Crippen LogP) is 3.82. The summed E-state index contributed by atoms with van der Waals surface area (Å²) in [5.41, 5.74) is 1.12. The van der Waals surface area contributed by atoms with Gasteiger partial charge in [0.2, 0.25) is 0 Å². The van der Waals surface area contributed by atoms with Gasteiger partial charge in [0, 0.05) is 13.2 Å². The van der Waals surface area contributed by atoms with Crippen molar-refractivity contribution in [3.05, 3.63) is 40.4 Å². The van der Waals surface area contributed by atoms with Crippen LogP contribution >= 0.6 is 15.9 Å². The molecule has 0 fully saturated rings. The van der Waals surface area contributed by atoms with Gasteiger partial charge in [-0.15, -0.1) is 0 Å². The second-order valence-corrected chi connectivity index (χ2v) is 4.10. The number of benzene rings is 1. The Kier molecular flexibility index (Phi) is 6.38. The summed E-state index contributed by atoms with van der Waals surface area (Å²) in [5.74, 6) is 0. The number of hydrogen-bond donors (Lipinski definition) is 0. The first-order valence-corrected chi connectivity index (χ1v) is 6.22. The van der Waals surface area contributed by atoms with Gasteiger partial charge >= 0.3 is 0 Å². The molecule has 0 aliphatic rings. The van der Waals surface area contributed by atoms with Crippen LogP contribution < -0.4 is 0 Å². The number of hydrogen-bond acceptors (Lipinski definition) is 2. The van der Waals surface area contributed by atoms with Gasteiger partial charge in [0.05, 0.1) is 4.48 Å². The van der Waals surface area contributed by atoms with Crippen molar-refractivity contribution in [1.82, 2.24) is 0 Å². The fourth-order valence-corrected chi connectivity index (χ4v) is 1.82. The van der Waals surface area contributed by atoms with Crippen molar-refractivity contribution in [2.45, 2.75) is 20.1 Å². The highest BCUT2D eigenvalue weighted by Gasteiger charge is 2.11. The molecule has 0 saturated heterocycles. The Morgan fingerprint density at radius 2 is 1.75 bits per heavy atom. The van der Waals surface area contributed by atoms with Crippen molar-refractivity contribution < 1.29 is 9.47 Å². The molecule has 2 nitrogen and oxygen atoms in total. The van der Waals surface area contributed by atoms with E-state index in [9.17, 15) is 0 Å². The molecular weight excluding hydrogens is 268 g/mol. The van der Waals surface area contributed by atoms with Crippen LogP contribution in [0.5, 0.6) is 0 Å². The Hall–Kier alpha value is -0.640. The molecule has 1 aromatic carbocycles. The van der Waals surface area contributed by atoms with Crippen LogP contribution in [0.2, 0.25) is 0 Å². The lowest BCUT2D eigenvalue weighted by Crippen LogP contribution is -2.17. The third-order valence-electron chi connectivity index (χ3n) is 1.97. The highest BCUT2D eigenvalue weighted by atomic mass is 79.9. The van der Waals surface area contributed by atoms with E-state index < -0.39 is 0 Å². The zero-order valence-corrected chi connectivity index (χ0v) is 11.2. The fraction of sp³-hybridized carbons (Fsp3) is 0.385. The van der Waals surface area contributed by atoms with E-state index in [4.69, 9.17) is 9.47 Å². The van der Waals surface area contributed by atoms with E-state index in [0.717, 1.165) is 10.0 Å². The molecular formula is C13H17BrO2. The van der Waals surface area contributed by atoms with Gasteiger partial charge in [-0.2, -0.15) is 0 Å². The minimum atomic E-state index is -0.310. The van der Waals surface area contributed by atoms with E-state index >= 15 is 0 Å². The summed E-state index contributed by atoms with van der Waals surface area (Å²) in [6.45, 7) is 5.16. The van der Waals surface area contributed by atoms with Crippen molar-refractivity contribution >= 4 is 22.0 Å². The number of rotatable bonds is 6. The van der Waals surface area contributed by atoms with E-state index in [2.05, 4.69) is 15.9 Å². The van der Waals surface area contributed by atoms with Gasteiger partial charge in [-0.25, -0.2) is 0 Å². The molecule has 0 aliphatic heterocycles. The van der Waals surface area contributed by atoms with Crippen LogP contribution in [-0.2, 0) is 9.47 Å². The highest BCUT2D eigenvalue weighted by Crippen LogP contribution is 2.19. The second kappa shape index (κ2) is 7.60. The van der Waals surface area contributed by atoms with Crippen LogP contribution in [0.3, 0.4) is 0 Å². The van der Waals surface area contributed by atoms with Gasteiger partial charge in [-0.05, 0) is 25.5 Å². The standard InChI is InChI=1S/C13H17BrO2/c1-3-15-13(16-4-2)12(14)10-11-8-6-5-7-9-11/h5-10,13H,3-4H2,1-2H3. The molecule has 0 N–H and O–H groups in total. The zero-order valence-electron chi connectivity index (χ0n) is 9.65. The lowest BCUT2D eigenvalue weighted by Gasteiger charge is -2.16. The lowest BCUT2D eigenvalue weighted by molar-refractivity contribution is -0.105. The van der Waals surface area contributed by atoms with Gasteiger partial charge < -0.3 is 9.47 Å². The first-order valence-electron chi connectivity index (χ1n) is 5.43. The average molecular weight is 285 g/mol. The van der Waals surface area contributed by atoms with E-state index in [1.54, 1.807) is 0 Å². The largest absolute Gasteiger partial charge is 0.348 e. The maximum atomic E-state index is 5.48. The lowest BCUT2D eigenvalue weighted by atomic mass is 10.2. The second-order valence-electron chi connectivity index (χ2n) is 3.18. The monoisotopic (exact) mass is 284 g/mol. The van der Waals surface area contributed by atoms with Crippen LogP contribution in [0.15, 0.2) is 34.8 Å². The fourth-order valence-electron chi connectivity index (χ4n) is 1.29. The quantitative estimate of drug-likeness (QED) is 0.740. The predicted molar refractivity (Wildman–Crippen MR) is 70.4 cm³/mol. The molecule has 0 spiro atoms. The minimum absolute atomic E-state index is 0.310. The Morgan fingerprint density at radius 3 is 2.25 bits per heavy atom. The summed E-state index contributed by atoms with van der Waals surface area (Å²) in [5, 5.41) is 0. The maximum absolute atomic E-state index is 5.48. The maximum Gasteiger partial charge on any atom is 0.190 e. The summed E-state index contributed by atoms with van der Waals surface area (Å²) >= 11 is 3.49. The zero-order chi connectivity index (χ0) is 11.8. The molecule has 1 aromatic rings. The molecule has 0 aliphatic carbocycles. The Balaban J connectivity index is 2.73. The number of halogens is 1. The Labute approximate surface area is 105 Å². The van der Waals surface area contributed by atoms with Crippen molar-refractivity contribution in [1.29, 1.82) is 0 Å². The highest BCUT2D eigenvalue weighted by molar-refractivity contribution is 9.11. The molecule has 3 heteroatoms. The van der Waals surface area contributed by atoms with Crippen molar-refractivity contribution in [2.75, 3.05) is 13.2 Å². The van der Waals surface area contributed by atoms with Gasteiger partial charge in [-0.1, -0.05) is 46.3 Å². The molecule has 0 aromatic heterocycles. The van der Waals surface area contributed by atoms with Gasteiger partial charge in [0.25, 0.3) is 0 Å². The molecule has 0 bridgehead atoms. The average Bonchev–Trinajstić information content (AvgIpc) is 2.30. The van der Waals surface area contributed by atoms with Gasteiger partial charge in [-0.3, -0.25) is 0 Å². The van der Waals surface area contributed by atoms with Crippen LogP contribution in [0.25, 0.3) is 6.08 Å². The molecule has 1 rings (SSSR count). The summed E-state index contributed by atoms with van der Waals surface area (Å²) in [7, 11) is 0. The molecule has 88 valence electrons. The summed E-state index contributed by atoms with van der Waals surface area (Å²) in [4.78, 5) is 0. The molecule has 0 amide bonds. The molecule has 16 heavy (non-hydrogen) atoms. The van der Waals surface area contributed by atoms with Crippen LogP contribution in [-0.4, -0.2) is 19.5 Å². The van der Waals surface area contributed by atoms with Crippen LogP contribution in [0.1, 0.15) is 19.4 Å². The molecule has 0 radical (unpaired) electrons. The normalized spacial score (nSPS) is 12.1. The van der Waals surface area contributed by atoms with Gasteiger partial charge in [0.15, 0.2) is 6.29 Å². The topological polar surface area (TPSA) is 18.5 Å². The summed E-state index contributed by atoms with van der Waals surface area (Å²) < 4.78 is 11.9. The van der Waals surface area contributed by atoms with E-state index in [-0.39, 0.29) is 6.29 Å². The first kappa shape index (κ1) is 13.4. The van der Waals surface area contributed by atoms with Crippen LogP contribution in [0.4, 0.5) is 0 Å². The summed E-state index contributed by atoms with van der Waals surface area (Å²) in [6, 6.07) is 10.1. The Morgan fingerprint density at radius 1 is 1.19 bits per heavy atom. The molecule has 0 heterocycles. The first-order chi connectivity index (χ1) is 7.77. The van der Waals surface area contributed by atoms with Gasteiger partial charge in [0.1, 0.15) is 0 Å². The SMILES string of the molecule is CCOC(OCC)C(Br)=Cc1ccccc1. The van der Waals surface area contributed by atoms with Crippen molar-refractivity contribution in [3.63, 3.8) is 0 Å². The Bertz CT molecular complexity index is 316. The van der Waals surface area contributed by atoms with E-state index in [1.165, 1.54) is 0 Å². The third-order valence-corrected chi connectivity index (χ3v) is 2.57. The van der Waals surface area contributed by atoms with E-state index in [0.29, 0.717) is 13.2 Å². The molecule has 0 saturated carbocycles. The third kappa shape index (κ3) is 4.47. The summed E-state index contributed by atoms with van der Waals surface area (Å²) in [6.07, 6.45) is 1.70. The molecule has 0 atom stereocenters. The smallest absolute Gasteiger partial charge is 0.190 e. The minimum Gasteiger partial charge on any atom is -0.348 e. The number of ether oxygens (including phenoxy) is 2. The van der Waals surface area contributed by atoms with Crippen molar-refractivity contribution in [2.24, 2.45) is 0 Å².